The number of hydrogen-bond donors (Lipinski definition) is 1. The zero-order chi connectivity index (χ0) is 14.1. The number of rotatable bonds is 3. The molecule has 1 atom stereocenters. The molecule has 0 aliphatic carbocycles. The SMILES string of the molecule is CCOc1cc(N)cc(N2CCN3C(=O)CCC3C2)c1. The largest absolute Gasteiger partial charge is 0.494 e. The maximum absolute atomic E-state index is 11.7. The van der Waals surface area contributed by atoms with Crippen molar-refractivity contribution in [2.45, 2.75) is 25.8 Å². The smallest absolute Gasteiger partial charge is 0.223 e. The van der Waals surface area contributed by atoms with E-state index < -0.39 is 0 Å². The summed E-state index contributed by atoms with van der Waals surface area (Å²) in [4.78, 5) is 16.0. The van der Waals surface area contributed by atoms with E-state index in [0.717, 1.165) is 43.2 Å². The van der Waals surface area contributed by atoms with Crippen LogP contribution in [0.3, 0.4) is 0 Å². The van der Waals surface area contributed by atoms with Gasteiger partial charge < -0.3 is 20.3 Å². The predicted octanol–water partition coefficient (Wildman–Crippen LogP) is 1.48. The molecule has 2 N–H and O–H groups in total. The maximum atomic E-state index is 11.7. The molecular weight excluding hydrogens is 254 g/mol. The Hall–Kier alpha value is -1.91. The van der Waals surface area contributed by atoms with E-state index in [-0.39, 0.29) is 0 Å². The van der Waals surface area contributed by atoms with Gasteiger partial charge in [-0.15, -0.1) is 0 Å². The summed E-state index contributed by atoms with van der Waals surface area (Å²) in [6, 6.07) is 6.22. The fourth-order valence-electron chi connectivity index (χ4n) is 3.14. The fraction of sp³-hybridized carbons (Fsp3) is 0.533. The summed E-state index contributed by atoms with van der Waals surface area (Å²) >= 11 is 0. The van der Waals surface area contributed by atoms with Gasteiger partial charge in [-0.25, -0.2) is 0 Å². The number of nitrogen functional groups attached to an aromatic ring is 1. The van der Waals surface area contributed by atoms with E-state index in [2.05, 4.69) is 4.90 Å². The van der Waals surface area contributed by atoms with Crippen LogP contribution in [0.2, 0.25) is 0 Å². The van der Waals surface area contributed by atoms with Crippen LogP contribution < -0.4 is 15.4 Å². The number of nitrogens with zero attached hydrogens (tertiary/aromatic N) is 2. The fourth-order valence-corrected chi connectivity index (χ4v) is 3.14. The molecule has 108 valence electrons. The van der Waals surface area contributed by atoms with Crippen molar-refractivity contribution in [2.75, 3.05) is 36.9 Å². The molecule has 2 aliphatic heterocycles. The summed E-state index contributed by atoms with van der Waals surface area (Å²) in [5.41, 5.74) is 7.76. The highest BCUT2D eigenvalue weighted by Crippen LogP contribution is 2.30. The molecule has 3 rings (SSSR count). The summed E-state index contributed by atoms with van der Waals surface area (Å²) in [5, 5.41) is 0. The first kappa shape index (κ1) is 13.1. The Labute approximate surface area is 119 Å². The standard InChI is InChI=1S/C15H21N3O2/c1-2-20-14-8-11(16)7-13(9-14)17-5-6-18-12(10-17)3-4-15(18)19/h7-9,12H,2-6,10,16H2,1H3. The van der Waals surface area contributed by atoms with E-state index >= 15 is 0 Å². The Bertz CT molecular complexity index is 518. The predicted molar refractivity (Wildman–Crippen MR) is 79.0 cm³/mol. The molecule has 2 heterocycles. The van der Waals surface area contributed by atoms with Crippen LogP contribution in [0.25, 0.3) is 0 Å². The van der Waals surface area contributed by atoms with Gasteiger partial charge in [-0.2, -0.15) is 0 Å². The lowest BCUT2D eigenvalue weighted by Crippen LogP contribution is -2.51. The minimum atomic E-state index is 0.303. The quantitative estimate of drug-likeness (QED) is 0.849. The molecule has 0 spiro atoms. The van der Waals surface area contributed by atoms with Crippen molar-refractivity contribution in [1.29, 1.82) is 0 Å². The number of carbonyl (C=O) groups excluding carboxylic acids is 1. The highest BCUT2D eigenvalue weighted by atomic mass is 16.5. The first-order valence-electron chi connectivity index (χ1n) is 7.25. The van der Waals surface area contributed by atoms with Crippen molar-refractivity contribution in [2.24, 2.45) is 0 Å². The lowest BCUT2D eigenvalue weighted by atomic mass is 10.1. The molecule has 0 aromatic heterocycles. The molecule has 0 saturated carbocycles. The molecule has 5 nitrogen and oxygen atoms in total. The first-order chi connectivity index (χ1) is 9.67. The van der Waals surface area contributed by atoms with Crippen molar-refractivity contribution in [1.82, 2.24) is 4.90 Å². The lowest BCUT2D eigenvalue weighted by Gasteiger charge is -2.39. The number of ether oxygens (including phenoxy) is 1. The Morgan fingerprint density at radius 2 is 2.20 bits per heavy atom. The molecule has 2 fully saturated rings. The third-order valence-corrected chi connectivity index (χ3v) is 4.08. The number of piperazine rings is 1. The zero-order valence-corrected chi connectivity index (χ0v) is 11.8. The summed E-state index contributed by atoms with van der Waals surface area (Å²) in [5.74, 6) is 1.12. The molecule has 5 heteroatoms. The minimum Gasteiger partial charge on any atom is -0.494 e. The van der Waals surface area contributed by atoms with E-state index in [9.17, 15) is 4.79 Å². The number of carbonyl (C=O) groups is 1. The van der Waals surface area contributed by atoms with E-state index in [4.69, 9.17) is 10.5 Å². The molecular formula is C15H21N3O2. The Morgan fingerprint density at radius 1 is 1.35 bits per heavy atom. The maximum Gasteiger partial charge on any atom is 0.223 e. The second-order valence-corrected chi connectivity index (χ2v) is 5.42. The van der Waals surface area contributed by atoms with Crippen LogP contribution >= 0.6 is 0 Å². The summed E-state index contributed by atoms with van der Waals surface area (Å²) in [6.45, 7) is 5.15. The van der Waals surface area contributed by atoms with Crippen molar-refractivity contribution >= 4 is 17.3 Å². The third kappa shape index (κ3) is 2.40. The highest BCUT2D eigenvalue weighted by molar-refractivity contribution is 5.79. The van der Waals surface area contributed by atoms with E-state index in [1.807, 2.05) is 30.0 Å². The number of benzene rings is 1. The topological polar surface area (TPSA) is 58.8 Å². The van der Waals surface area contributed by atoms with E-state index in [0.29, 0.717) is 25.0 Å². The van der Waals surface area contributed by atoms with Gasteiger partial charge in [0.25, 0.3) is 0 Å². The second-order valence-electron chi connectivity index (χ2n) is 5.42. The van der Waals surface area contributed by atoms with Gasteiger partial charge in [-0.05, 0) is 19.4 Å². The number of amides is 1. The van der Waals surface area contributed by atoms with Crippen molar-refractivity contribution < 1.29 is 9.53 Å². The summed E-state index contributed by atoms with van der Waals surface area (Å²) in [7, 11) is 0. The average Bonchev–Trinajstić information content (AvgIpc) is 2.80. The second kappa shape index (κ2) is 5.23. The number of hydrogen-bond acceptors (Lipinski definition) is 4. The van der Waals surface area contributed by atoms with Gasteiger partial charge in [0.1, 0.15) is 5.75 Å². The molecule has 1 aromatic carbocycles. The molecule has 2 aliphatic rings. The van der Waals surface area contributed by atoms with Crippen LogP contribution in [0.1, 0.15) is 19.8 Å². The molecule has 0 radical (unpaired) electrons. The zero-order valence-electron chi connectivity index (χ0n) is 11.8. The van der Waals surface area contributed by atoms with Crippen LogP contribution in [0, 0.1) is 0 Å². The normalized spacial score (nSPS) is 22.1. The third-order valence-electron chi connectivity index (χ3n) is 4.08. The minimum absolute atomic E-state index is 0.303. The van der Waals surface area contributed by atoms with Gasteiger partial charge in [0.15, 0.2) is 0 Å². The molecule has 1 amide bonds. The summed E-state index contributed by atoms with van der Waals surface area (Å²) in [6.07, 6.45) is 1.66. The Balaban J connectivity index is 1.78. The van der Waals surface area contributed by atoms with E-state index in [1.165, 1.54) is 0 Å². The van der Waals surface area contributed by atoms with Crippen LogP contribution in [-0.2, 0) is 4.79 Å². The molecule has 2 saturated heterocycles. The van der Waals surface area contributed by atoms with Gasteiger partial charge >= 0.3 is 0 Å². The van der Waals surface area contributed by atoms with Crippen LogP contribution in [0.15, 0.2) is 18.2 Å². The Kier molecular flexibility index (Phi) is 3.42. The number of nitrogens with two attached hydrogens (primary N) is 1. The molecule has 0 bridgehead atoms. The lowest BCUT2D eigenvalue weighted by molar-refractivity contribution is -0.129. The monoisotopic (exact) mass is 275 g/mol. The van der Waals surface area contributed by atoms with Crippen LogP contribution in [0.5, 0.6) is 5.75 Å². The number of fused-ring (bicyclic) bond motifs is 1. The van der Waals surface area contributed by atoms with Gasteiger partial charge in [0, 0.05) is 55.6 Å². The highest BCUT2D eigenvalue weighted by Gasteiger charge is 2.35. The van der Waals surface area contributed by atoms with Gasteiger partial charge in [0.2, 0.25) is 5.91 Å². The first-order valence-corrected chi connectivity index (χ1v) is 7.25. The molecule has 1 unspecified atom stereocenters. The van der Waals surface area contributed by atoms with Crippen LogP contribution in [-0.4, -0.2) is 43.1 Å². The van der Waals surface area contributed by atoms with Crippen molar-refractivity contribution in [3.63, 3.8) is 0 Å². The summed E-state index contributed by atoms with van der Waals surface area (Å²) < 4.78 is 5.55. The van der Waals surface area contributed by atoms with Gasteiger partial charge in [-0.3, -0.25) is 4.79 Å². The molecule has 20 heavy (non-hydrogen) atoms. The van der Waals surface area contributed by atoms with Crippen molar-refractivity contribution in [3.8, 4) is 5.75 Å². The average molecular weight is 275 g/mol. The number of anilines is 2. The van der Waals surface area contributed by atoms with Gasteiger partial charge in [0.05, 0.1) is 6.61 Å². The van der Waals surface area contributed by atoms with E-state index in [1.54, 1.807) is 0 Å². The molecule has 1 aromatic rings. The van der Waals surface area contributed by atoms with Gasteiger partial charge in [-0.1, -0.05) is 0 Å². The Morgan fingerprint density at radius 3 is 3.00 bits per heavy atom. The van der Waals surface area contributed by atoms with Crippen LogP contribution in [0.4, 0.5) is 11.4 Å². The van der Waals surface area contributed by atoms with Crippen molar-refractivity contribution in [3.05, 3.63) is 18.2 Å².